The maximum absolute atomic E-state index is 12.7. The Morgan fingerprint density at radius 3 is 2.35 bits per heavy atom. The van der Waals surface area contributed by atoms with E-state index in [1.807, 2.05) is 25.8 Å². The predicted octanol–water partition coefficient (Wildman–Crippen LogP) is 2.72. The molecule has 5 nitrogen and oxygen atoms in total. The molecule has 0 unspecified atom stereocenters. The first-order chi connectivity index (χ1) is 10.5. The maximum atomic E-state index is 12.7. The summed E-state index contributed by atoms with van der Waals surface area (Å²) in [5.74, 6) is 0.743. The molecule has 0 saturated carbocycles. The first-order valence-electron chi connectivity index (χ1n) is 8.09. The van der Waals surface area contributed by atoms with Gasteiger partial charge in [0.25, 0.3) is 5.91 Å². The lowest BCUT2D eigenvalue weighted by atomic mass is 9.93. The maximum Gasteiger partial charge on any atom is 0.270 e. The molecule has 130 valence electrons. The molecule has 1 saturated heterocycles. The number of piperidine rings is 1. The number of Topliss-reactive ketones (excluding diaryl/α,β-unsaturated/α-hetero) is 1. The summed E-state index contributed by atoms with van der Waals surface area (Å²) in [6.07, 6.45) is 3.30. The van der Waals surface area contributed by atoms with Crippen LogP contribution in [0.15, 0.2) is 0 Å². The molecule has 1 fully saturated rings. The van der Waals surface area contributed by atoms with E-state index in [1.165, 1.54) is 6.42 Å². The van der Waals surface area contributed by atoms with Crippen LogP contribution in [-0.4, -0.2) is 48.3 Å². The zero-order chi connectivity index (χ0) is 16.3. The van der Waals surface area contributed by atoms with Crippen LogP contribution < -0.4 is 5.32 Å². The van der Waals surface area contributed by atoms with Crippen LogP contribution in [0, 0.1) is 19.8 Å². The number of nitrogens with one attached hydrogen (secondary N) is 2. The Hall–Kier alpha value is -1.33. The number of ketones is 1. The van der Waals surface area contributed by atoms with Crippen LogP contribution in [0.25, 0.3) is 0 Å². The number of aromatic nitrogens is 1. The number of amides is 1. The molecule has 0 radical (unpaired) electrons. The Morgan fingerprint density at radius 2 is 1.87 bits per heavy atom. The molecule has 0 bridgehead atoms. The van der Waals surface area contributed by atoms with Gasteiger partial charge in [-0.1, -0.05) is 0 Å². The third-order valence-electron chi connectivity index (χ3n) is 4.71. The summed E-state index contributed by atoms with van der Waals surface area (Å²) < 4.78 is 0. The number of halogens is 1. The van der Waals surface area contributed by atoms with Crippen molar-refractivity contribution in [1.29, 1.82) is 0 Å². The average Bonchev–Trinajstić information content (AvgIpc) is 2.79. The smallest absolute Gasteiger partial charge is 0.270 e. The third-order valence-corrected chi connectivity index (χ3v) is 4.71. The summed E-state index contributed by atoms with van der Waals surface area (Å²) in [6, 6.07) is 0. The number of carbonyl (C=O) groups excluding carboxylic acids is 2. The highest BCUT2D eigenvalue weighted by atomic mass is 35.5. The average molecular weight is 342 g/mol. The van der Waals surface area contributed by atoms with Crippen molar-refractivity contribution in [2.75, 3.05) is 26.7 Å². The normalized spacial score (nSPS) is 15.4. The molecule has 23 heavy (non-hydrogen) atoms. The fourth-order valence-electron chi connectivity index (χ4n) is 3.42. The van der Waals surface area contributed by atoms with Crippen LogP contribution >= 0.6 is 12.4 Å². The monoisotopic (exact) mass is 341 g/mol. The molecule has 6 heteroatoms. The molecule has 2 rings (SSSR count). The van der Waals surface area contributed by atoms with Gasteiger partial charge >= 0.3 is 0 Å². The Labute approximate surface area is 144 Å². The van der Waals surface area contributed by atoms with Crippen LogP contribution in [0.2, 0.25) is 0 Å². The van der Waals surface area contributed by atoms with Crippen molar-refractivity contribution in [3.05, 3.63) is 22.5 Å². The number of rotatable bonds is 5. The van der Waals surface area contributed by atoms with Crippen LogP contribution in [0.3, 0.4) is 0 Å². The minimum atomic E-state index is 0. The van der Waals surface area contributed by atoms with Crippen molar-refractivity contribution < 1.29 is 9.59 Å². The highest BCUT2D eigenvalue weighted by molar-refractivity contribution is 6.02. The lowest BCUT2D eigenvalue weighted by Gasteiger charge is -2.32. The molecule has 1 aliphatic rings. The number of nitrogens with zero attached hydrogens (tertiary/aromatic N) is 1. The summed E-state index contributed by atoms with van der Waals surface area (Å²) in [6.45, 7) is 7.90. The molecule has 0 aliphatic carbocycles. The molecule has 0 spiro atoms. The second kappa shape index (κ2) is 8.50. The van der Waals surface area contributed by atoms with Crippen molar-refractivity contribution in [2.45, 2.75) is 40.0 Å². The minimum Gasteiger partial charge on any atom is -0.354 e. The third kappa shape index (κ3) is 4.36. The topological polar surface area (TPSA) is 65.2 Å². The molecular weight excluding hydrogens is 314 g/mol. The van der Waals surface area contributed by atoms with E-state index in [-0.39, 0.29) is 24.1 Å². The van der Waals surface area contributed by atoms with Gasteiger partial charge in [-0.25, -0.2) is 0 Å². The SMILES string of the molecule is CNCCC1CCN(C(=O)c2[nH]c(C)c(C(C)=O)c2C)CC1.Cl. The molecule has 2 heterocycles. The number of aryl methyl sites for hydroxylation is 1. The summed E-state index contributed by atoms with van der Waals surface area (Å²) in [5, 5.41) is 3.18. The van der Waals surface area contributed by atoms with Gasteiger partial charge in [0.2, 0.25) is 0 Å². The Balaban J connectivity index is 0.00000264. The van der Waals surface area contributed by atoms with E-state index in [2.05, 4.69) is 10.3 Å². The first-order valence-corrected chi connectivity index (χ1v) is 8.09. The number of H-pyrrole nitrogens is 1. The number of aromatic amines is 1. The molecule has 1 amide bonds. The predicted molar refractivity (Wildman–Crippen MR) is 94.7 cm³/mol. The van der Waals surface area contributed by atoms with E-state index >= 15 is 0 Å². The summed E-state index contributed by atoms with van der Waals surface area (Å²) in [7, 11) is 1.97. The van der Waals surface area contributed by atoms with E-state index in [4.69, 9.17) is 0 Å². The summed E-state index contributed by atoms with van der Waals surface area (Å²) in [5.41, 5.74) is 2.81. The molecule has 1 aromatic rings. The second-order valence-corrected chi connectivity index (χ2v) is 6.31. The largest absolute Gasteiger partial charge is 0.354 e. The molecule has 0 atom stereocenters. The molecule has 2 N–H and O–H groups in total. The van der Waals surface area contributed by atoms with Crippen LogP contribution in [0.1, 0.15) is 58.3 Å². The number of hydrogen-bond donors (Lipinski definition) is 2. The van der Waals surface area contributed by atoms with Crippen molar-refractivity contribution in [2.24, 2.45) is 5.92 Å². The number of likely N-dealkylation sites (tertiary alicyclic amines) is 1. The van der Waals surface area contributed by atoms with Gasteiger partial charge in [0.15, 0.2) is 5.78 Å². The Kier molecular flexibility index (Phi) is 7.29. The van der Waals surface area contributed by atoms with Crippen molar-refractivity contribution >= 4 is 24.1 Å². The second-order valence-electron chi connectivity index (χ2n) is 6.31. The van der Waals surface area contributed by atoms with Gasteiger partial charge in [0, 0.05) is 24.3 Å². The van der Waals surface area contributed by atoms with E-state index in [9.17, 15) is 9.59 Å². The van der Waals surface area contributed by atoms with Gasteiger partial charge in [-0.2, -0.15) is 0 Å². The van der Waals surface area contributed by atoms with Gasteiger partial charge in [-0.15, -0.1) is 12.4 Å². The molecule has 1 aromatic heterocycles. The Bertz CT molecular complexity index is 560. The highest BCUT2D eigenvalue weighted by Crippen LogP contribution is 2.24. The fourth-order valence-corrected chi connectivity index (χ4v) is 3.42. The van der Waals surface area contributed by atoms with Gasteiger partial charge in [-0.3, -0.25) is 9.59 Å². The lowest BCUT2D eigenvalue weighted by molar-refractivity contribution is 0.0681. The van der Waals surface area contributed by atoms with Gasteiger partial charge < -0.3 is 15.2 Å². The summed E-state index contributed by atoms with van der Waals surface area (Å²) >= 11 is 0. The highest BCUT2D eigenvalue weighted by Gasteiger charge is 2.27. The molecule has 1 aliphatic heterocycles. The number of hydrogen-bond acceptors (Lipinski definition) is 3. The van der Waals surface area contributed by atoms with E-state index in [1.54, 1.807) is 6.92 Å². The van der Waals surface area contributed by atoms with E-state index in [0.717, 1.165) is 43.7 Å². The quantitative estimate of drug-likeness (QED) is 0.809. The zero-order valence-electron chi connectivity index (χ0n) is 14.5. The first kappa shape index (κ1) is 19.7. The van der Waals surface area contributed by atoms with E-state index < -0.39 is 0 Å². The van der Waals surface area contributed by atoms with Crippen molar-refractivity contribution in [3.63, 3.8) is 0 Å². The van der Waals surface area contributed by atoms with Gasteiger partial charge in [0.05, 0.1) is 0 Å². The van der Waals surface area contributed by atoms with E-state index in [0.29, 0.717) is 17.2 Å². The zero-order valence-corrected chi connectivity index (χ0v) is 15.3. The lowest BCUT2D eigenvalue weighted by Crippen LogP contribution is -2.39. The fraction of sp³-hybridized carbons (Fsp3) is 0.647. The van der Waals surface area contributed by atoms with Crippen LogP contribution in [0.4, 0.5) is 0 Å². The van der Waals surface area contributed by atoms with Crippen LogP contribution in [0.5, 0.6) is 0 Å². The number of carbonyl (C=O) groups is 2. The standard InChI is InChI=1S/C17H27N3O2.ClH/c1-11-15(13(3)21)12(2)19-16(11)17(22)20-9-6-14(7-10-20)5-8-18-4;/h14,18-19H,5-10H2,1-4H3;1H. The summed E-state index contributed by atoms with van der Waals surface area (Å²) in [4.78, 5) is 29.4. The molecule has 0 aromatic carbocycles. The minimum absolute atomic E-state index is 0. The van der Waals surface area contributed by atoms with Crippen LogP contribution in [-0.2, 0) is 0 Å². The Morgan fingerprint density at radius 1 is 1.26 bits per heavy atom. The molecular formula is C17H28ClN3O2. The van der Waals surface area contributed by atoms with Crippen molar-refractivity contribution in [3.8, 4) is 0 Å². The van der Waals surface area contributed by atoms with Gasteiger partial charge in [0.1, 0.15) is 5.69 Å². The van der Waals surface area contributed by atoms with Gasteiger partial charge in [-0.05, 0) is 65.1 Å². The van der Waals surface area contributed by atoms with Crippen molar-refractivity contribution in [1.82, 2.24) is 15.2 Å².